The minimum absolute atomic E-state index is 0.0582. The van der Waals surface area contributed by atoms with Gasteiger partial charge in [0.05, 0.1) is 0 Å². The molecule has 2 aliphatic rings. The van der Waals surface area contributed by atoms with Crippen LogP contribution in [0.4, 0.5) is 0 Å². The SMILES string of the molecule is CCC(C)(C)CC(C1CC=Cc2c(OCC(=O)OC3(CC)C=CCC3)cccc21)C(C)(C)CC. The zero-order valence-electron chi connectivity index (χ0n) is 22.6. The van der Waals surface area contributed by atoms with Gasteiger partial charge in [-0.2, -0.15) is 0 Å². The standard InChI is InChI=1S/C31H46O3/c1-8-29(4,5)21-26(30(6,7)9-2)24-16-13-17-25-23(24)15-14-18-27(25)33-22-28(32)34-31(10-3)19-11-12-20-31/h11,13-15,17-19,24,26H,8-10,12,16,20-22H2,1-7H3. The van der Waals surface area contributed by atoms with Crippen molar-refractivity contribution in [2.45, 2.75) is 105 Å². The number of allylic oxidation sites excluding steroid dienone is 2. The Balaban J connectivity index is 1.81. The molecule has 3 heteroatoms. The largest absolute Gasteiger partial charge is 0.481 e. The quantitative estimate of drug-likeness (QED) is 0.242. The molecule has 0 saturated carbocycles. The predicted octanol–water partition coefficient (Wildman–Crippen LogP) is 8.49. The van der Waals surface area contributed by atoms with Crippen molar-refractivity contribution in [3.8, 4) is 5.75 Å². The maximum absolute atomic E-state index is 12.6. The van der Waals surface area contributed by atoms with E-state index in [1.807, 2.05) is 12.1 Å². The van der Waals surface area contributed by atoms with Gasteiger partial charge in [-0.05, 0) is 72.5 Å². The number of esters is 1. The summed E-state index contributed by atoms with van der Waals surface area (Å²) in [6, 6.07) is 6.33. The highest BCUT2D eigenvalue weighted by atomic mass is 16.6. The lowest BCUT2D eigenvalue weighted by Crippen LogP contribution is -2.34. The number of carbonyl (C=O) groups excluding carboxylic acids is 1. The Morgan fingerprint density at radius 3 is 2.50 bits per heavy atom. The first-order valence-electron chi connectivity index (χ1n) is 13.4. The molecule has 1 aromatic rings. The van der Waals surface area contributed by atoms with E-state index in [-0.39, 0.29) is 18.0 Å². The summed E-state index contributed by atoms with van der Waals surface area (Å²) in [4.78, 5) is 12.6. The maximum atomic E-state index is 12.6. The van der Waals surface area contributed by atoms with Crippen LogP contribution in [0.2, 0.25) is 0 Å². The summed E-state index contributed by atoms with van der Waals surface area (Å²) in [5, 5.41) is 0. The van der Waals surface area contributed by atoms with E-state index in [1.54, 1.807) is 0 Å². The van der Waals surface area contributed by atoms with Crippen molar-refractivity contribution in [3.63, 3.8) is 0 Å². The zero-order chi connectivity index (χ0) is 25.0. The van der Waals surface area contributed by atoms with E-state index in [0.29, 0.717) is 17.3 Å². The van der Waals surface area contributed by atoms with E-state index >= 15 is 0 Å². The lowest BCUT2D eigenvalue weighted by Gasteiger charge is -2.44. The molecule has 3 unspecified atom stereocenters. The van der Waals surface area contributed by atoms with Gasteiger partial charge < -0.3 is 9.47 Å². The van der Waals surface area contributed by atoms with Crippen molar-refractivity contribution in [3.05, 3.63) is 47.6 Å². The van der Waals surface area contributed by atoms with E-state index in [0.717, 1.165) is 43.4 Å². The van der Waals surface area contributed by atoms with Crippen LogP contribution in [0.5, 0.6) is 5.75 Å². The van der Waals surface area contributed by atoms with Crippen LogP contribution in [-0.2, 0) is 9.53 Å². The normalized spacial score (nSPS) is 23.0. The van der Waals surface area contributed by atoms with Gasteiger partial charge in [0.15, 0.2) is 6.61 Å². The number of fused-ring (bicyclic) bond motifs is 1. The summed E-state index contributed by atoms with van der Waals surface area (Å²) in [5.41, 5.74) is 2.58. The second kappa shape index (κ2) is 10.7. The first kappa shape index (κ1) is 26.6. The van der Waals surface area contributed by atoms with E-state index in [2.05, 4.69) is 78.8 Å². The van der Waals surface area contributed by atoms with Gasteiger partial charge in [0, 0.05) is 5.56 Å². The lowest BCUT2D eigenvalue weighted by atomic mass is 9.60. The molecular weight excluding hydrogens is 420 g/mol. The highest BCUT2D eigenvalue weighted by Gasteiger charge is 2.39. The average molecular weight is 467 g/mol. The number of hydrogen-bond acceptors (Lipinski definition) is 3. The van der Waals surface area contributed by atoms with Crippen LogP contribution >= 0.6 is 0 Å². The van der Waals surface area contributed by atoms with Gasteiger partial charge >= 0.3 is 5.97 Å². The van der Waals surface area contributed by atoms with Gasteiger partial charge in [-0.15, -0.1) is 0 Å². The van der Waals surface area contributed by atoms with Crippen LogP contribution in [0, 0.1) is 16.7 Å². The van der Waals surface area contributed by atoms with Gasteiger partial charge in [-0.1, -0.05) is 91.7 Å². The molecule has 1 aromatic carbocycles. The van der Waals surface area contributed by atoms with Gasteiger partial charge in [-0.25, -0.2) is 4.79 Å². The van der Waals surface area contributed by atoms with Crippen LogP contribution in [0.15, 0.2) is 36.4 Å². The molecule has 0 saturated heterocycles. The summed E-state index contributed by atoms with van der Waals surface area (Å²) < 4.78 is 11.9. The third kappa shape index (κ3) is 5.96. The summed E-state index contributed by atoms with van der Waals surface area (Å²) in [6.07, 6.45) is 15.8. The molecular formula is C31H46O3. The molecule has 2 aliphatic carbocycles. The van der Waals surface area contributed by atoms with Crippen LogP contribution in [0.25, 0.3) is 6.08 Å². The third-order valence-electron chi connectivity index (χ3n) is 8.72. The molecule has 0 aromatic heterocycles. The molecule has 0 N–H and O–H groups in total. The fraction of sp³-hybridized carbons (Fsp3) is 0.645. The monoisotopic (exact) mass is 466 g/mol. The van der Waals surface area contributed by atoms with Crippen molar-refractivity contribution in [2.24, 2.45) is 16.7 Å². The van der Waals surface area contributed by atoms with Crippen LogP contribution in [0.1, 0.15) is 110 Å². The van der Waals surface area contributed by atoms with E-state index < -0.39 is 5.60 Å². The zero-order valence-corrected chi connectivity index (χ0v) is 22.6. The number of benzene rings is 1. The minimum atomic E-state index is -0.452. The second-order valence-electron chi connectivity index (χ2n) is 11.8. The molecule has 0 spiro atoms. The number of carbonyl (C=O) groups is 1. The van der Waals surface area contributed by atoms with Crippen LogP contribution < -0.4 is 4.74 Å². The smallest absolute Gasteiger partial charge is 0.345 e. The first-order chi connectivity index (χ1) is 16.1. The summed E-state index contributed by atoms with van der Waals surface area (Å²) in [6.45, 7) is 16.3. The molecule has 0 amide bonds. The minimum Gasteiger partial charge on any atom is -0.481 e. The van der Waals surface area contributed by atoms with E-state index in [4.69, 9.17) is 9.47 Å². The van der Waals surface area contributed by atoms with Gasteiger partial charge in [-0.3, -0.25) is 0 Å². The molecule has 0 heterocycles. The molecule has 0 aliphatic heterocycles. The molecule has 0 fully saturated rings. The number of hydrogen-bond donors (Lipinski definition) is 0. The van der Waals surface area contributed by atoms with Gasteiger partial charge in [0.2, 0.25) is 0 Å². The van der Waals surface area contributed by atoms with Crippen molar-refractivity contribution < 1.29 is 14.3 Å². The van der Waals surface area contributed by atoms with Crippen molar-refractivity contribution >= 4 is 12.0 Å². The van der Waals surface area contributed by atoms with E-state index in [9.17, 15) is 4.79 Å². The Kier molecular flexibility index (Phi) is 8.37. The third-order valence-corrected chi connectivity index (χ3v) is 8.72. The fourth-order valence-corrected chi connectivity index (χ4v) is 5.55. The van der Waals surface area contributed by atoms with Gasteiger partial charge in [0.1, 0.15) is 11.4 Å². The predicted molar refractivity (Wildman–Crippen MR) is 142 cm³/mol. The maximum Gasteiger partial charge on any atom is 0.345 e. The molecule has 188 valence electrons. The molecule has 3 rings (SSSR count). The second-order valence-corrected chi connectivity index (χ2v) is 11.8. The summed E-state index contributed by atoms with van der Waals surface area (Å²) in [7, 11) is 0. The summed E-state index contributed by atoms with van der Waals surface area (Å²) >= 11 is 0. The molecule has 3 nitrogen and oxygen atoms in total. The highest BCUT2D eigenvalue weighted by molar-refractivity contribution is 5.73. The average Bonchev–Trinajstić information content (AvgIpc) is 3.29. The molecule has 3 atom stereocenters. The van der Waals surface area contributed by atoms with Crippen LogP contribution in [-0.4, -0.2) is 18.2 Å². The van der Waals surface area contributed by atoms with Crippen molar-refractivity contribution in [1.82, 2.24) is 0 Å². The fourth-order valence-electron chi connectivity index (χ4n) is 5.55. The Morgan fingerprint density at radius 1 is 1.12 bits per heavy atom. The van der Waals surface area contributed by atoms with E-state index in [1.165, 1.54) is 18.4 Å². The topological polar surface area (TPSA) is 35.5 Å². The number of ether oxygens (including phenoxy) is 2. The lowest BCUT2D eigenvalue weighted by molar-refractivity contribution is -0.157. The molecule has 34 heavy (non-hydrogen) atoms. The van der Waals surface area contributed by atoms with Crippen molar-refractivity contribution in [1.29, 1.82) is 0 Å². The van der Waals surface area contributed by atoms with Gasteiger partial charge in [0.25, 0.3) is 0 Å². The Labute approximate surface area is 208 Å². The van der Waals surface area contributed by atoms with Crippen molar-refractivity contribution in [2.75, 3.05) is 6.61 Å². The van der Waals surface area contributed by atoms with Crippen LogP contribution in [0.3, 0.4) is 0 Å². The Morgan fingerprint density at radius 2 is 1.88 bits per heavy atom. The highest BCUT2D eigenvalue weighted by Crippen LogP contribution is 2.51. The Hall–Kier alpha value is -2.03. The molecule has 0 bridgehead atoms. The Bertz CT molecular complexity index is 907. The molecule has 0 radical (unpaired) electrons. The number of rotatable bonds is 11. The first-order valence-corrected chi connectivity index (χ1v) is 13.4. The summed E-state index contributed by atoms with van der Waals surface area (Å²) in [5.74, 6) is 1.50.